The van der Waals surface area contributed by atoms with E-state index in [2.05, 4.69) is 39.1 Å². The maximum Gasteiger partial charge on any atom is 0.306 e. The van der Waals surface area contributed by atoms with E-state index >= 15 is 0 Å². The van der Waals surface area contributed by atoms with Crippen molar-refractivity contribution >= 4 is 11.9 Å². The minimum atomic E-state index is -0.347. The van der Waals surface area contributed by atoms with E-state index in [4.69, 9.17) is 14.2 Å². The van der Waals surface area contributed by atoms with E-state index in [1.54, 1.807) is 18.2 Å². The largest absolute Gasteiger partial charge is 0.507 e. The third-order valence-corrected chi connectivity index (χ3v) is 14.1. The summed E-state index contributed by atoms with van der Waals surface area (Å²) >= 11 is 0. The van der Waals surface area contributed by atoms with Gasteiger partial charge in [0, 0.05) is 31.7 Å². The lowest BCUT2D eigenvalue weighted by atomic mass is 9.47. The highest BCUT2D eigenvalue weighted by molar-refractivity contribution is 5.96. The van der Waals surface area contributed by atoms with Crippen LogP contribution in [0.2, 0.25) is 0 Å². The summed E-state index contributed by atoms with van der Waals surface area (Å²) in [6.45, 7) is 11.2. The molecule has 2 aliphatic heterocycles. The van der Waals surface area contributed by atoms with Crippen LogP contribution in [0.1, 0.15) is 122 Å². The summed E-state index contributed by atoms with van der Waals surface area (Å²) in [7, 11) is 0. The number of phenolic OH excluding ortho intramolecular Hbond substituents is 1. The van der Waals surface area contributed by atoms with E-state index in [-0.39, 0.29) is 40.5 Å². The van der Waals surface area contributed by atoms with Gasteiger partial charge in [0.1, 0.15) is 11.9 Å². The Kier molecular flexibility index (Phi) is 9.04. The molecule has 1 amide bonds. The van der Waals surface area contributed by atoms with Crippen molar-refractivity contribution in [3.05, 3.63) is 41.5 Å². The van der Waals surface area contributed by atoms with E-state index in [0.29, 0.717) is 54.1 Å². The van der Waals surface area contributed by atoms with Gasteiger partial charge in [0.2, 0.25) is 0 Å². The van der Waals surface area contributed by atoms with Crippen LogP contribution in [-0.4, -0.2) is 48.1 Å². The Labute approximate surface area is 281 Å². The molecule has 0 unspecified atom stereocenters. The molecule has 7 heteroatoms. The molecule has 1 spiro atoms. The Bertz CT molecular complexity index is 1370. The van der Waals surface area contributed by atoms with Crippen molar-refractivity contribution in [2.45, 2.75) is 129 Å². The maximum atomic E-state index is 12.8. The molecular weight excluding hydrogens is 590 g/mol. The summed E-state index contributed by atoms with van der Waals surface area (Å²) in [5.74, 6) is 3.09. The van der Waals surface area contributed by atoms with Crippen LogP contribution in [-0.2, 0) is 19.0 Å². The molecule has 47 heavy (non-hydrogen) atoms. The zero-order valence-electron chi connectivity index (χ0n) is 29.1. The van der Waals surface area contributed by atoms with Crippen molar-refractivity contribution in [1.29, 1.82) is 0 Å². The topological polar surface area (TPSA) is 94.1 Å². The van der Waals surface area contributed by atoms with Gasteiger partial charge in [0.25, 0.3) is 5.91 Å². The second-order valence-electron chi connectivity index (χ2n) is 16.7. The maximum absolute atomic E-state index is 12.8. The molecule has 1 aromatic rings. The number of carbonyl (C=O) groups excluding carboxylic acids is 2. The highest BCUT2D eigenvalue weighted by Crippen LogP contribution is 2.70. The SMILES string of the molecule is C[C@@H]1CC[C@@]2(OC1)O[C@H]1C[C@H]3[C@@H]4CC=C5C[C@@H](OC(=O)CCCCCNC(=O)c6ccccc6O)CC[C@]5(C)[C@H]4CC[C@]3(C)[C@H]1[C@@H]2C. The molecule has 11 atom stereocenters. The van der Waals surface area contributed by atoms with Gasteiger partial charge >= 0.3 is 5.97 Å². The second-order valence-corrected chi connectivity index (χ2v) is 16.7. The Morgan fingerprint density at radius 1 is 1.02 bits per heavy atom. The van der Waals surface area contributed by atoms with E-state index in [9.17, 15) is 14.7 Å². The van der Waals surface area contributed by atoms with Crippen molar-refractivity contribution in [1.82, 2.24) is 5.32 Å². The predicted molar refractivity (Wildman–Crippen MR) is 180 cm³/mol. The number of amides is 1. The van der Waals surface area contributed by atoms with Crippen LogP contribution in [0.5, 0.6) is 5.75 Å². The molecule has 1 aromatic carbocycles. The van der Waals surface area contributed by atoms with Gasteiger partial charge in [-0.1, -0.05) is 57.9 Å². The van der Waals surface area contributed by atoms with Crippen molar-refractivity contribution in [2.24, 2.45) is 46.3 Å². The Morgan fingerprint density at radius 2 is 1.85 bits per heavy atom. The van der Waals surface area contributed by atoms with Crippen molar-refractivity contribution < 1.29 is 28.9 Å². The van der Waals surface area contributed by atoms with Crippen LogP contribution in [0, 0.1) is 46.3 Å². The summed E-state index contributed by atoms with van der Waals surface area (Å²) in [5.41, 5.74) is 2.36. The summed E-state index contributed by atoms with van der Waals surface area (Å²) in [6, 6.07) is 6.55. The number of nitrogens with one attached hydrogen (secondary N) is 1. The average Bonchev–Trinajstić information content (AvgIpc) is 3.50. The molecule has 258 valence electrons. The molecule has 6 aliphatic rings. The first-order valence-electron chi connectivity index (χ1n) is 18.8. The first kappa shape index (κ1) is 33.1. The zero-order valence-corrected chi connectivity index (χ0v) is 29.1. The number of aromatic hydroxyl groups is 1. The molecule has 0 aromatic heterocycles. The van der Waals surface area contributed by atoms with Gasteiger partial charge in [-0.3, -0.25) is 9.59 Å². The van der Waals surface area contributed by atoms with Gasteiger partial charge in [-0.2, -0.15) is 0 Å². The summed E-state index contributed by atoms with van der Waals surface area (Å²) in [6.07, 6.45) is 15.8. The number of hydrogen-bond acceptors (Lipinski definition) is 6. The lowest BCUT2D eigenvalue weighted by molar-refractivity contribution is -0.272. The number of phenols is 1. The van der Waals surface area contributed by atoms with Crippen molar-refractivity contribution in [3.8, 4) is 5.75 Å². The third kappa shape index (κ3) is 5.85. The molecule has 2 heterocycles. The van der Waals surface area contributed by atoms with Gasteiger partial charge in [-0.15, -0.1) is 0 Å². The van der Waals surface area contributed by atoms with Crippen molar-refractivity contribution in [2.75, 3.05) is 13.2 Å². The van der Waals surface area contributed by atoms with E-state index in [1.165, 1.54) is 37.3 Å². The molecule has 7 rings (SSSR count). The normalized spacial score (nSPS) is 42.1. The minimum absolute atomic E-state index is 0.0141. The van der Waals surface area contributed by atoms with Gasteiger partial charge in [-0.05, 0) is 110 Å². The summed E-state index contributed by atoms with van der Waals surface area (Å²) < 4.78 is 19.5. The molecular formula is C40H57NO6. The smallest absolute Gasteiger partial charge is 0.306 e. The Balaban J connectivity index is 0.888. The minimum Gasteiger partial charge on any atom is -0.507 e. The van der Waals surface area contributed by atoms with Crippen LogP contribution in [0.15, 0.2) is 35.9 Å². The third-order valence-electron chi connectivity index (χ3n) is 14.1. The number of fused-ring (bicyclic) bond motifs is 7. The van der Waals surface area contributed by atoms with Gasteiger partial charge in [0.15, 0.2) is 5.79 Å². The molecule has 3 saturated carbocycles. The van der Waals surface area contributed by atoms with E-state index < -0.39 is 0 Å². The molecule has 4 aliphatic carbocycles. The zero-order chi connectivity index (χ0) is 33.0. The van der Waals surface area contributed by atoms with Crippen LogP contribution in [0.4, 0.5) is 0 Å². The number of hydrogen-bond donors (Lipinski definition) is 2. The molecule has 5 fully saturated rings. The van der Waals surface area contributed by atoms with Crippen LogP contribution in [0.25, 0.3) is 0 Å². The highest BCUT2D eigenvalue weighted by Gasteiger charge is 2.68. The summed E-state index contributed by atoms with van der Waals surface area (Å²) in [5, 5.41) is 12.7. The molecule has 0 radical (unpaired) electrons. The number of benzene rings is 1. The standard InChI is InChI=1S/C40H57NO6/c1-25-15-20-40(45-24-25)26(2)36-34(47-40)23-32-29-14-13-27-22-28(16-18-38(27,3)31(29)17-19-39(32,36)4)46-35(43)12-6-5-9-21-41-37(44)30-10-7-8-11-33(30)42/h7-8,10-11,13,25-26,28-29,31-32,34,36,42H,5-6,9,12,14-24H2,1-4H3,(H,41,44)/t25-,26+,28+,29-,31+,32+,34+,36+,38+,39+,40-/m1/s1. The predicted octanol–water partition coefficient (Wildman–Crippen LogP) is 7.96. The number of ether oxygens (including phenoxy) is 3. The lowest BCUT2D eigenvalue weighted by Gasteiger charge is -2.58. The summed E-state index contributed by atoms with van der Waals surface area (Å²) in [4.78, 5) is 25.0. The van der Waals surface area contributed by atoms with E-state index in [1.807, 2.05) is 0 Å². The Hall–Kier alpha value is -2.38. The first-order chi connectivity index (χ1) is 22.5. The van der Waals surface area contributed by atoms with Crippen LogP contribution >= 0.6 is 0 Å². The van der Waals surface area contributed by atoms with Crippen LogP contribution in [0.3, 0.4) is 0 Å². The molecule has 7 nitrogen and oxygen atoms in total. The highest BCUT2D eigenvalue weighted by atomic mass is 16.7. The average molecular weight is 648 g/mol. The number of esters is 1. The van der Waals surface area contributed by atoms with Crippen molar-refractivity contribution in [3.63, 3.8) is 0 Å². The van der Waals surface area contributed by atoms with Gasteiger partial charge in [-0.25, -0.2) is 0 Å². The number of rotatable bonds is 8. The van der Waals surface area contributed by atoms with Gasteiger partial charge < -0.3 is 24.6 Å². The van der Waals surface area contributed by atoms with Gasteiger partial charge in [0.05, 0.1) is 18.3 Å². The fourth-order valence-corrected chi connectivity index (χ4v) is 11.5. The second kappa shape index (κ2) is 12.8. The molecule has 2 N–H and O–H groups in total. The quantitative estimate of drug-likeness (QED) is 0.169. The van der Waals surface area contributed by atoms with Crippen LogP contribution < -0.4 is 5.32 Å². The molecule has 2 saturated heterocycles. The van der Waals surface area contributed by atoms with E-state index in [0.717, 1.165) is 63.9 Å². The fourth-order valence-electron chi connectivity index (χ4n) is 11.5. The fraction of sp³-hybridized carbons (Fsp3) is 0.750. The number of allylic oxidation sites excluding steroid dienone is 1. The monoisotopic (exact) mass is 647 g/mol. The lowest BCUT2D eigenvalue weighted by Crippen LogP contribution is -2.52. The number of unbranched alkanes of at least 4 members (excludes halogenated alkanes) is 2. The first-order valence-corrected chi connectivity index (χ1v) is 18.8. The Morgan fingerprint density at radius 3 is 2.64 bits per heavy atom. The molecule has 0 bridgehead atoms. The number of para-hydroxylation sites is 1. The number of carbonyl (C=O) groups is 2.